The lowest BCUT2D eigenvalue weighted by Crippen LogP contribution is -2.37. The maximum absolute atomic E-state index is 12.4. The van der Waals surface area contributed by atoms with Gasteiger partial charge in [0.05, 0.1) is 12.5 Å². The third kappa shape index (κ3) is 4.36. The molecule has 0 radical (unpaired) electrons. The Hall–Kier alpha value is -1.85. The maximum Gasteiger partial charge on any atom is 0.225 e. The summed E-state index contributed by atoms with van der Waals surface area (Å²) in [5.74, 6) is 0.124. The van der Waals surface area contributed by atoms with Crippen molar-refractivity contribution in [2.45, 2.75) is 38.1 Å². The Labute approximate surface area is 166 Å². The van der Waals surface area contributed by atoms with Crippen LogP contribution in [-0.4, -0.2) is 44.0 Å². The summed E-state index contributed by atoms with van der Waals surface area (Å²) in [5.41, 5.74) is 4.17. The van der Waals surface area contributed by atoms with Crippen molar-refractivity contribution in [2.24, 2.45) is 0 Å². The van der Waals surface area contributed by atoms with Gasteiger partial charge in [-0.3, -0.25) is 9.69 Å². The van der Waals surface area contributed by atoms with Crippen molar-refractivity contribution in [1.82, 2.24) is 10.2 Å². The van der Waals surface area contributed by atoms with Gasteiger partial charge in [0.25, 0.3) is 0 Å². The fourth-order valence-corrected chi connectivity index (χ4v) is 5.07. The van der Waals surface area contributed by atoms with Crippen molar-refractivity contribution in [3.8, 4) is 0 Å². The van der Waals surface area contributed by atoms with Crippen molar-refractivity contribution in [2.75, 3.05) is 38.1 Å². The molecule has 1 amide bonds. The van der Waals surface area contributed by atoms with Gasteiger partial charge in [0.15, 0.2) is 0 Å². The Morgan fingerprint density at radius 3 is 2.81 bits per heavy atom. The highest BCUT2D eigenvalue weighted by atomic mass is 32.1. The highest BCUT2D eigenvalue weighted by Gasteiger charge is 2.25. The molecule has 0 saturated carbocycles. The number of aryl methyl sites for hydroxylation is 1. The van der Waals surface area contributed by atoms with Gasteiger partial charge in [0, 0.05) is 30.7 Å². The summed E-state index contributed by atoms with van der Waals surface area (Å²) in [5, 5.41) is 5.23. The molecule has 2 aliphatic rings. The van der Waals surface area contributed by atoms with Crippen LogP contribution in [0.4, 0.5) is 5.69 Å². The van der Waals surface area contributed by atoms with Crippen LogP contribution in [0.15, 0.2) is 35.7 Å². The number of carbonyl (C=O) groups excluding carboxylic acids is 1. The Morgan fingerprint density at radius 1 is 1.19 bits per heavy atom. The summed E-state index contributed by atoms with van der Waals surface area (Å²) >= 11 is 1.65. The second-order valence-electron chi connectivity index (χ2n) is 7.73. The second kappa shape index (κ2) is 8.44. The molecule has 144 valence electrons. The fourth-order valence-electron chi connectivity index (χ4n) is 4.37. The number of anilines is 1. The fraction of sp³-hybridized carbons (Fsp3) is 0.500. The number of thiophene rings is 1. The molecule has 1 atom stereocenters. The number of carbonyl (C=O) groups is 1. The number of benzene rings is 1. The largest absolute Gasteiger partial charge is 0.374 e. The van der Waals surface area contributed by atoms with Crippen LogP contribution in [0, 0.1) is 0 Å². The highest BCUT2D eigenvalue weighted by molar-refractivity contribution is 7.10. The molecule has 4 rings (SSSR count). The molecule has 0 spiro atoms. The standard InChI is InChI=1S/C22H29N3OS/c1-24-10-4-6-17-14-18(8-9-20(17)24)21(25-11-2-3-12-25)16-23-22(26)15-19-7-5-13-27-19/h5,7-9,13-14,21H,2-4,6,10-12,15-16H2,1H3,(H,23,26). The molecule has 4 nitrogen and oxygen atoms in total. The van der Waals surface area contributed by atoms with Crippen LogP contribution in [0.5, 0.6) is 0 Å². The highest BCUT2D eigenvalue weighted by Crippen LogP contribution is 2.31. The van der Waals surface area contributed by atoms with Gasteiger partial charge in [-0.15, -0.1) is 11.3 Å². The molecule has 0 bridgehead atoms. The van der Waals surface area contributed by atoms with E-state index < -0.39 is 0 Å². The first-order chi connectivity index (χ1) is 13.2. The van der Waals surface area contributed by atoms with Gasteiger partial charge >= 0.3 is 0 Å². The zero-order valence-electron chi connectivity index (χ0n) is 16.1. The Kier molecular flexibility index (Phi) is 5.79. The summed E-state index contributed by atoms with van der Waals surface area (Å²) < 4.78 is 0. The average molecular weight is 384 g/mol. The van der Waals surface area contributed by atoms with E-state index in [-0.39, 0.29) is 11.9 Å². The molecule has 1 N–H and O–H groups in total. The Balaban J connectivity index is 1.48. The molecule has 2 aliphatic heterocycles. The zero-order valence-corrected chi connectivity index (χ0v) is 16.9. The number of amides is 1. The van der Waals surface area contributed by atoms with Crippen LogP contribution in [-0.2, 0) is 17.6 Å². The molecule has 1 aromatic carbocycles. The van der Waals surface area contributed by atoms with Crippen molar-refractivity contribution >= 4 is 22.9 Å². The normalized spacial score (nSPS) is 18.3. The quantitative estimate of drug-likeness (QED) is 0.827. The van der Waals surface area contributed by atoms with E-state index in [4.69, 9.17) is 0 Å². The number of nitrogens with one attached hydrogen (secondary N) is 1. The summed E-state index contributed by atoms with van der Waals surface area (Å²) in [6.07, 6.45) is 5.38. The number of hydrogen-bond donors (Lipinski definition) is 1. The molecule has 3 heterocycles. The van der Waals surface area contributed by atoms with Gasteiger partial charge < -0.3 is 10.2 Å². The zero-order chi connectivity index (χ0) is 18.6. The lowest BCUT2D eigenvalue weighted by atomic mass is 9.96. The molecular formula is C22H29N3OS. The molecule has 27 heavy (non-hydrogen) atoms. The van der Waals surface area contributed by atoms with Gasteiger partial charge in [-0.1, -0.05) is 18.2 Å². The molecule has 1 fully saturated rings. The van der Waals surface area contributed by atoms with E-state index in [2.05, 4.69) is 40.4 Å². The first kappa shape index (κ1) is 18.5. The van der Waals surface area contributed by atoms with E-state index in [1.165, 1.54) is 36.1 Å². The molecule has 1 unspecified atom stereocenters. The van der Waals surface area contributed by atoms with Gasteiger partial charge in [0.1, 0.15) is 0 Å². The van der Waals surface area contributed by atoms with Gasteiger partial charge in [-0.2, -0.15) is 0 Å². The first-order valence-electron chi connectivity index (χ1n) is 10.1. The Bertz CT molecular complexity index is 768. The van der Waals surface area contributed by atoms with E-state index in [1.54, 1.807) is 11.3 Å². The summed E-state index contributed by atoms with van der Waals surface area (Å²) in [6.45, 7) is 4.09. The summed E-state index contributed by atoms with van der Waals surface area (Å²) in [7, 11) is 2.18. The summed E-state index contributed by atoms with van der Waals surface area (Å²) in [6, 6.07) is 11.2. The van der Waals surface area contributed by atoms with E-state index >= 15 is 0 Å². The van der Waals surface area contributed by atoms with E-state index in [9.17, 15) is 4.79 Å². The van der Waals surface area contributed by atoms with E-state index in [0.717, 1.165) is 30.9 Å². The molecule has 2 aromatic rings. The van der Waals surface area contributed by atoms with Gasteiger partial charge in [-0.25, -0.2) is 0 Å². The minimum absolute atomic E-state index is 0.124. The monoisotopic (exact) mass is 383 g/mol. The van der Waals surface area contributed by atoms with Crippen LogP contribution in [0.3, 0.4) is 0 Å². The average Bonchev–Trinajstić information content (AvgIpc) is 3.36. The van der Waals surface area contributed by atoms with Crippen LogP contribution in [0.2, 0.25) is 0 Å². The number of likely N-dealkylation sites (tertiary alicyclic amines) is 1. The predicted molar refractivity (Wildman–Crippen MR) is 113 cm³/mol. The van der Waals surface area contributed by atoms with Crippen molar-refractivity contribution in [1.29, 1.82) is 0 Å². The number of nitrogens with zero attached hydrogens (tertiary/aromatic N) is 2. The Morgan fingerprint density at radius 2 is 2.04 bits per heavy atom. The first-order valence-corrected chi connectivity index (χ1v) is 11.0. The lowest BCUT2D eigenvalue weighted by molar-refractivity contribution is -0.120. The maximum atomic E-state index is 12.4. The third-order valence-electron chi connectivity index (χ3n) is 5.83. The van der Waals surface area contributed by atoms with Crippen molar-refractivity contribution < 1.29 is 4.79 Å². The predicted octanol–water partition coefficient (Wildman–Crippen LogP) is 3.63. The van der Waals surface area contributed by atoms with Crippen LogP contribution < -0.4 is 10.2 Å². The van der Waals surface area contributed by atoms with E-state index in [0.29, 0.717) is 13.0 Å². The van der Waals surface area contributed by atoms with Gasteiger partial charge in [-0.05, 0) is 67.4 Å². The minimum atomic E-state index is 0.124. The SMILES string of the molecule is CN1CCCc2cc(C(CNC(=O)Cc3cccs3)N3CCCC3)ccc21. The lowest BCUT2D eigenvalue weighted by Gasteiger charge is -2.32. The van der Waals surface area contributed by atoms with Crippen molar-refractivity contribution in [3.63, 3.8) is 0 Å². The molecule has 1 aromatic heterocycles. The van der Waals surface area contributed by atoms with E-state index in [1.807, 2.05) is 17.5 Å². The number of fused-ring (bicyclic) bond motifs is 1. The number of rotatable bonds is 6. The molecular weight excluding hydrogens is 354 g/mol. The van der Waals surface area contributed by atoms with Crippen LogP contribution >= 0.6 is 11.3 Å². The third-order valence-corrected chi connectivity index (χ3v) is 6.70. The van der Waals surface area contributed by atoms with Crippen molar-refractivity contribution in [3.05, 3.63) is 51.7 Å². The van der Waals surface area contributed by atoms with Crippen LogP contribution in [0.25, 0.3) is 0 Å². The molecule has 1 saturated heterocycles. The smallest absolute Gasteiger partial charge is 0.225 e. The topological polar surface area (TPSA) is 35.6 Å². The van der Waals surface area contributed by atoms with Gasteiger partial charge in [0.2, 0.25) is 5.91 Å². The minimum Gasteiger partial charge on any atom is -0.374 e. The second-order valence-corrected chi connectivity index (χ2v) is 8.76. The number of hydrogen-bond acceptors (Lipinski definition) is 4. The van der Waals surface area contributed by atoms with Crippen LogP contribution in [0.1, 0.15) is 41.3 Å². The molecule has 5 heteroatoms. The molecule has 0 aliphatic carbocycles. The summed E-state index contributed by atoms with van der Waals surface area (Å²) in [4.78, 5) is 18.4.